The van der Waals surface area contributed by atoms with Gasteiger partial charge in [0.05, 0.1) is 10.7 Å². The molecule has 0 bridgehead atoms. The third kappa shape index (κ3) is 3.28. The average Bonchev–Trinajstić information content (AvgIpc) is 2.58. The molecule has 0 saturated heterocycles. The summed E-state index contributed by atoms with van der Waals surface area (Å²) in [6.45, 7) is 7.40. The van der Waals surface area contributed by atoms with Gasteiger partial charge in [0, 0.05) is 18.4 Å². The van der Waals surface area contributed by atoms with Crippen molar-refractivity contribution >= 4 is 33.2 Å². The Morgan fingerprint density at radius 1 is 1.50 bits per heavy atom. The summed E-state index contributed by atoms with van der Waals surface area (Å²) in [5.74, 6) is 0.117. The quantitative estimate of drug-likeness (QED) is 0.784. The Morgan fingerprint density at radius 3 is 2.62 bits per heavy atom. The minimum atomic E-state index is 0.117. The van der Waals surface area contributed by atoms with Gasteiger partial charge in [-0.15, -0.1) is 11.3 Å². The van der Waals surface area contributed by atoms with Crippen molar-refractivity contribution in [1.29, 1.82) is 0 Å². The summed E-state index contributed by atoms with van der Waals surface area (Å²) < 4.78 is 0. The summed E-state index contributed by atoms with van der Waals surface area (Å²) in [4.78, 5) is 19.2. The first kappa shape index (κ1) is 13.6. The smallest absolute Gasteiger partial charge is 0.265 e. The third-order valence-electron chi connectivity index (χ3n) is 2.33. The number of hydrogen-bond donors (Lipinski definition) is 0. The normalized spacial score (nSPS) is 10.5. The number of rotatable bonds is 5. The lowest BCUT2D eigenvalue weighted by Gasteiger charge is -2.19. The standard InChI is InChI=1S/C11H17BrN2OS/c1-4-14(7-5-6-12)11(15)10-8(2)13-9(3)16-10/h4-7H2,1-3H3. The first-order valence-corrected chi connectivity index (χ1v) is 7.33. The van der Waals surface area contributed by atoms with Crippen LogP contribution in [0.5, 0.6) is 0 Å². The third-order valence-corrected chi connectivity index (χ3v) is 3.95. The summed E-state index contributed by atoms with van der Waals surface area (Å²) in [5.41, 5.74) is 0.852. The summed E-state index contributed by atoms with van der Waals surface area (Å²) in [7, 11) is 0. The molecule has 0 unspecified atom stereocenters. The average molecular weight is 305 g/mol. The molecule has 0 radical (unpaired) electrons. The monoisotopic (exact) mass is 304 g/mol. The number of aromatic nitrogens is 1. The molecule has 0 aromatic carbocycles. The van der Waals surface area contributed by atoms with E-state index in [-0.39, 0.29) is 5.91 Å². The lowest BCUT2D eigenvalue weighted by atomic mass is 10.3. The number of carbonyl (C=O) groups excluding carboxylic acids is 1. The van der Waals surface area contributed by atoms with Crippen molar-refractivity contribution in [2.75, 3.05) is 18.4 Å². The van der Waals surface area contributed by atoms with Crippen molar-refractivity contribution in [3.63, 3.8) is 0 Å². The molecule has 1 heterocycles. The van der Waals surface area contributed by atoms with Crippen LogP contribution in [0, 0.1) is 13.8 Å². The van der Waals surface area contributed by atoms with Crippen molar-refractivity contribution in [1.82, 2.24) is 9.88 Å². The van der Waals surface area contributed by atoms with Gasteiger partial charge in [-0.2, -0.15) is 0 Å². The predicted octanol–water partition coefficient (Wildman–Crippen LogP) is 3.01. The summed E-state index contributed by atoms with van der Waals surface area (Å²) in [5, 5.41) is 1.88. The Bertz CT molecular complexity index is 365. The summed E-state index contributed by atoms with van der Waals surface area (Å²) in [6, 6.07) is 0. The van der Waals surface area contributed by atoms with E-state index in [2.05, 4.69) is 20.9 Å². The first-order chi connectivity index (χ1) is 7.60. The molecule has 0 aliphatic carbocycles. The molecule has 0 saturated carbocycles. The SMILES string of the molecule is CCN(CCCBr)C(=O)c1sc(C)nc1C. The van der Waals surface area contributed by atoms with Crippen LogP contribution < -0.4 is 0 Å². The van der Waals surface area contributed by atoms with E-state index in [0.29, 0.717) is 0 Å². The number of amides is 1. The van der Waals surface area contributed by atoms with E-state index in [9.17, 15) is 4.79 Å². The van der Waals surface area contributed by atoms with Crippen LogP contribution in [0.15, 0.2) is 0 Å². The molecule has 0 aliphatic rings. The number of halogens is 1. The molecule has 1 amide bonds. The molecule has 5 heteroatoms. The van der Waals surface area contributed by atoms with Gasteiger partial charge in [-0.3, -0.25) is 4.79 Å². The molecule has 16 heavy (non-hydrogen) atoms. The number of nitrogens with zero attached hydrogens (tertiary/aromatic N) is 2. The van der Waals surface area contributed by atoms with Crippen LogP contribution in [0.25, 0.3) is 0 Å². The Morgan fingerprint density at radius 2 is 2.19 bits per heavy atom. The molecular weight excluding hydrogens is 288 g/mol. The largest absolute Gasteiger partial charge is 0.338 e. The highest BCUT2D eigenvalue weighted by molar-refractivity contribution is 9.09. The van der Waals surface area contributed by atoms with Crippen molar-refractivity contribution in [3.05, 3.63) is 15.6 Å². The second kappa shape index (κ2) is 6.35. The Hall–Kier alpha value is -0.420. The Kier molecular flexibility index (Phi) is 5.41. The van der Waals surface area contributed by atoms with Crippen LogP contribution >= 0.6 is 27.3 Å². The van der Waals surface area contributed by atoms with E-state index < -0.39 is 0 Å². The highest BCUT2D eigenvalue weighted by Gasteiger charge is 2.18. The molecule has 0 N–H and O–H groups in total. The number of thiazole rings is 1. The minimum Gasteiger partial charge on any atom is -0.338 e. The van der Waals surface area contributed by atoms with Gasteiger partial charge in [-0.25, -0.2) is 4.98 Å². The second-order valence-electron chi connectivity index (χ2n) is 3.57. The van der Waals surface area contributed by atoms with E-state index in [1.807, 2.05) is 25.7 Å². The van der Waals surface area contributed by atoms with E-state index in [1.165, 1.54) is 11.3 Å². The highest BCUT2D eigenvalue weighted by Crippen LogP contribution is 2.19. The van der Waals surface area contributed by atoms with Crippen molar-refractivity contribution in [2.45, 2.75) is 27.2 Å². The van der Waals surface area contributed by atoms with Crippen LogP contribution in [-0.2, 0) is 0 Å². The van der Waals surface area contributed by atoms with E-state index in [4.69, 9.17) is 0 Å². The van der Waals surface area contributed by atoms with E-state index in [0.717, 1.165) is 40.4 Å². The maximum absolute atomic E-state index is 12.2. The molecule has 1 rings (SSSR count). The van der Waals surface area contributed by atoms with Crippen molar-refractivity contribution in [3.8, 4) is 0 Å². The van der Waals surface area contributed by atoms with E-state index in [1.54, 1.807) is 0 Å². The zero-order valence-corrected chi connectivity index (χ0v) is 12.3. The van der Waals surface area contributed by atoms with Gasteiger partial charge in [0.2, 0.25) is 0 Å². The van der Waals surface area contributed by atoms with Crippen molar-refractivity contribution < 1.29 is 4.79 Å². The summed E-state index contributed by atoms with van der Waals surface area (Å²) >= 11 is 4.87. The fraction of sp³-hybridized carbons (Fsp3) is 0.636. The van der Waals surface area contributed by atoms with Crippen LogP contribution in [0.2, 0.25) is 0 Å². The van der Waals surface area contributed by atoms with E-state index >= 15 is 0 Å². The van der Waals surface area contributed by atoms with Crippen LogP contribution in [0.3, 0.4) is 0 Å². The molecule has 0 atom stereocenters. The van der Waals surface area contributed by atoms with Crippen LogP contribution in [-0.4, -0.2) is 34.2 Å². The molecule has 90 valence electrons. The lowest BCUT2D eigenvalue weighted by molar-refractivity contribution is 0.0769. The molecule has 0 spiro atoms. The zero-order chi connectivity index (χ0) is 12.1. The van der Waals surface area contributed by atoms with Crippen LogP contribution in [0.4, 0.5) is 0 Å². The molecule has 3 nitrogen and oxygen atoms in total. The lowest BCUT2D eigenvalue weighted by Crippen LogP contribution is -2.31. The Labute approximate surface area is 109 Å². The fourth-order valence-corrected chi connectivity index (χ4v) is 2.67. The minimum absolute atomic E-state index is 0.117. The van der Waals surface area contributed by atoms with Gasteiger partial charge in [0.1, 0.15) is 4.88 Å². The number of carbonyl (C=O) groups is 1. The fourth-order valence-electron chi connectivity index (χ4n) is 1.53. The summed E-state index contributed by atoms with van der Waals surface area (Å²) in [6.07, 6.45) is 0.983. The van der Waals surface area contributed by atoms with Gasteiger partial charge >= 0.3 is 0 Å². The number of hydrogen-bond acceptors (Lipinski definition) is 3. The maximum Gasteiger partial charge on any atom is 0.265 e. The topological polar surface area (TPSA) is 33.2 Å². The van der Waals surface area contributed by atoms with Gasteiger partial charge < -0.3 is 4.90 Å². The molecule has 0 aliphatic heterocycles. The van der Waals surface area contributed by atoms with Crippen molar-refractivity contribution in [2.24, 2.45) is 0 Å². The predicted molar refractivity (Wildman–Crippen MR) is 71.6 cm³/mol. The molecule has 1 aromatic rings. The molecular formula is C11H17BrN2OS. The zero-order valence-electron chi connectivity index (χ0n) is 9.92. The molecule has 1 aromatic heterocycles. The first-order valence-electron chi connectivity index (χ1n) is 5.39. The number of aryl methyl sites for hydroxylation is 2. The maximum atomic E-state index is 12.2. The van der Waals surface area contributed by atoms with Gasteiger partial charge in [-0.1, -0.05) is 15.9 Å². The second-order valence-corrected chi connectivity index (χ2v) is 5.57. The van der Waals surface area contributed by atoms with Crippen LogP contribution in [0.1, 0.15) is 33.7 Å². The van der Waals surface area contributed by atoms with Gasteiger partial charge in [0.15, 0.2) is 0 Å². The number of alkyl halides is 1. The Balaban J connectivity index is 2.78. The van der Waals surface area contributed by atoms with Gasteiger partial charge in [-0.05, 0) is 27.2 Å². The highest BCUT2D eigenvalue weighted by atomic mass is 79.9. The van der Waals surface area contributed by atoms with Gasteiger partial charge in [0.25, 0.3) is 5.91 Å². The molecule has 0 fully saturated rings.